The molecule has 1 rings (SSSR count). The van der Waals surface area contributed by atoms with E-state index in [-0.39, 0.29) is 6.61 Å². The van der Waals surface area contributed by atoms with Gasteiger partial charge in [0.1, 0.15) is 30.5 Å². The molecule has 0 aromatic heterocycles. The highest BCUT2D eigenvalue weighted by Crippen LogP contribution is 2.23. The minimum atomic E-state index is -1.61. The number of carbonyl (C=O) groups excluding carboxylic acids is 1. The van der Waals surface area contributed by atoms with Crippen LogP contribution in [0.4, 0.5) is 0 Å². The number of nitrogens with one attached hydrogen (secondary N) is 1. The highest BCUT2D eigenvalue weighted by Gasteiger charge is 2.44. The SMILES string of the molecule is CCCCCCC/C=C/CC/C=C/C(O)C(COC1OC(CO)C(O)C(O)C1O)NC(=O)C(O)CCCCCCCCCCCCCCCCCCCCCCCCCCCCCCCCCCCC. The van der Waals surface area contributed by atoms with Crippen molar-refractivity contribution < 1.29 is 44.9 Å². The number of carbonyl (C=O) groups is 1. The Bertz CT molecular complexity index is 1170. The van der Waals surface area contributed by atoms with Gasteiger partial charge in [-0.25, -0.2) is 0 Å². The summed E-state index contributed by atoms with van der Waals surface area (Å²) in [5.41, 5.74) is 0. The summed E-state index contributed by atoms with van der Waals surface area (Å²) in [6.07, 6.45) is 53.3. The Hall–Kier alpha value is -1.37. The second-order valence-electron chi connectivity index (χ2n) is 21.3. The van der Waals surface area contributed by atoms with Crippen LogP contribution >= 0.6 is 0 Å². The number of hydrogen-bond donors (Lipinski definition) is 7. The van der Waals surface area contributed by atoms with E-state index in [0.29, 0.717) is 12.8 Å². The molecule has 1 aliphatic heterocycles. The lowest BCUT2D eigenvalue weighted by molar-refractivity contribution is -0.302. The maximum atomic E-state index is 13.1. The van der Waals surface area contributed by atoms with E-state index in [1.807, 2.05) is 6.08 Å². The Kier molecular flexibility index (Phi) is 47.4. The van der Waals surface area contributed by atoms with E-state index in [1.165, 1.54) is 225 Å². The number of allylic oxidation sites excluding steroid dienone is 3. The van der Waals surface area contributed by atoms with Crippen LogP contribution in [0.25, 0.3) is 0 Å². The summed E-state index contributed by atoms with van der Waals surface area (Å²) in [6, 6.07) is -0.993. The Morgan fingerprint density at radius 1 is 0.486 bits per heavy atom. The van der Waals surface area contributed by atoms with Gasteiger partial charge in [-0.15, -0.1) is 0 Å². The molecule has 1 heterocycles. The van der Waals surface area contributed by atoms with Crippen LogP contribution in [0, 0.1) is 0 Å². The van der Waals surface area contributed by atoms with Gasteiger partial charge in [0.15, 0.2) is 6.29 Å². The Balaban J connectivity index is 2.09. The highest BCUT2D eigenvalue weighted by atomic mass is 16.7. The molecule has 8 atom stereocenters. The number of amides is 1. The van der Waals surface area contributed by atoms with Crippen LogP contribution < -0.4 is 5.32 Å². The zero-order valence-electron chi connectivity index (χ0n) is 45.7. The Morgan fingerprint density at radius 3 is 1.24 bits per heavy atom. The van der Waals surface area contributed by atoms with Crippen LogP contribution in [0.3, 0.4) is 0 Å². The number of aliphatic hydroxyl groups is 6. The lowest BCUT2D eigenvalue weighted by Crippen LogP contribution is -2.60. The molecule has 1 amide bonds. The summed E-state index contributed by atoms with van der Waals surface area (Å²) in [4.78, 5) is 13.1. The Labute approximate surface area is 431 Å². The van der Waals surface area contributed by atoms with Crippen LogP contribution in [-0.2, 0) is 14.3 Å². The van der Waals surface area contributed by atoms with Gasteiger partial charge in [0.05, 0.1) is 25.4 Å². The lowest BCUT2D eigenvalue weighted by Gasteiger charge is -2.40. The summed E-state index contributed by atoms with van der Waals surface area (Å²) in [5.74, 6) is -0.622. The number of unbranched alkanes of at least 4 members (excludes halogenated alkanes) is 39. The summed E-state index contributed by atoms with van der Waals surface area (Å²) < 4.78 is 11.1. The molecule has 0 saturated carbocycles. The zero-order valence-corrected chi connectivity index (χ0v) is 45.7. The molecule has 8 unspecified atom stereocenters. The second-order valence-corrected chi connectivity index (χ2v) is 21.3. The van der Waals surface area contributed by atoms with E-state index >= 15 is 0 Å². The van der Waals surface area contributed by atoms with Crippen molar-refractivity contribution >= 4 is 5.91 Å². The molecule has 0 aromatic carbocycles. The first-order valence-corrected chi connectivity index (χ1v) is 30.2. The van der Waals surface area contributed by atoms with E-state index in [0.717, 1.165) is 38.5 Å². The summed E-state index contributed by atoms with van der Waals surface area (Å²) in [6.45, 7) is 3.59. The third-order valence-electron chi connectivity index (χ3n) is 14.6. The van der Waals surface area contributed by atoms with Gasteiger partial charge in [0, 0.05) is 0 Å². The van der Waals surface area contributed by atoms with Crippen molar-refractivity contribution in [1.29, 1.82) is 0 Å². The van der Waals surface area contributed by atoms with Crippen molar-refractivity contribution in [3.63, 3.8) is 0 Å². The molecule has 414 valence electrons. The normalized spacial score (nSPS) is 19.9. The number of ether oxygens (including phenoxy) is 2. The molecule has 10 nitrogen and oxygen atoms in total. The van der Waals surface area contributed by atoms with Crippen molar-refractivity contribution in [3.8, 4) is 0 Å². The molecule has 0 bridgehead atoms. The maximum absolute atomic E-state index is 13.1. The highest BCUT2D eigenvalue weighted by molar-refractivity contribution is 5.80. The van der Waals surface area contributed by atoms with Gasteiger partial charge in [0.25, 0.3) is 0 Å². The summed E-state index contributed by atoms with van der Waals surface area (Å²) in [7, 11) is 0. The largest absolute Gasteiger partial charge is 0.394 e. The fraction of sp³-hybridized carbons (Fsp3) is 0.917. The van der Waals surface area contributed by atoms with E-state index < -0.39 is 61.5 Å². The predicted molar refractivity (Wildman–Crippen MR) is 292 cm³/mol. The number of aliphatic hydroxyl groups excluding tert-OH is 6. The smallest absolute Gasteiger partial charge is 0.249 e. The van der Waals surface area contributed by atoms with Crippen LogP contribution in [0.2, 0.25) is 0 Å². The molecule has 1 saturated heterocycles. The quantitative estimate of drug-likeness (QED) is 0.0232. The zero-order chi connectivity index (χ0) is 51.0. The third-order valence-corrected chi connectivity index (χ3v) is 14.6. The third kappa shape index (κ3) is 38.2. The van der Waals surface area contributed by atoms with Crippen molar-refractivity contribution in [1.82, 2.24) is 5.32 Å². The van der Waals surface area contributed by atoms with Gasteiger partial charge in [-0.1, -0.05) is 282 Å². The topological polar surface area (TPSA) is 169 Å². The van der Waals surface area contributed by atoms with Crippen LogP contribution in [0.15, 0.2) is 24.3 Å². The van der Waals surface area contributed by atoms with Crippen LogP contribution in [0.1, 0.15) is 290 Å². The van der Waals surface area contributed by atoms with E-state index in [1.54, 1.807) is 6.08 Å². The van der Waals surface area contributed by atoms with Crippen molar-refractivity contribution in [2.75, 3.05) is 13.2 Å². The molecule has 0 radical (unpaired) electrons. The molecule has 0 aliphatic carbocycles. The molecule has 7 N–H and O–H groups in total. The lowest BCUT2D eigenvalue weighted by atomic mass is 9.99. The van der Waals surface area contributed by atoms with Gasteiger partial charge in [-0.2, -0.15) is 0 Å². The molecule has 10 heteroatoms. The maximum Gasteiger partial charge on any atom is 0.249 e. The molecule has 1 fully saturated rings. The van der Waals surface area contributed by atoms with Gasteiger partial charge in [-0.05, 0) is 32.1 Å². The van der Waals surface area contributed by atoms with E-state index in [4.69, 9.17) is 9.47 Å². The molecule has 1 aliphatic rings. The number of hydrogen-bond acceptors (Lipinski definition) is 9. The van der Waals surface area contributed by atoms with Gasteiger partial charge in [0.2, 0.25) is 5.91 Å². The van der Waals surface area contributed by atoms with Crippen LogP contribution in [0.5, 0.6) is 0 Å². The van der Waals surface area contributed by atoms with Crippen molar-refractivity contribution in [2.24, 2.45) is 0 Å². The standard InChI is InChI=1S/C60H115NO9/c1-3-5-7-9-11-13-15-16-17-18-19-20-21-22-23-24-25-26-27-28-29-30-31-32-33-34-35-36-37-39-41-43-45-47-49-54(64)59(68)61-52(51-69-60-58(67)57(66)56(65)55(50-62)70-60)53(63)48-46-44-42-40-38-14-12-10-8-6-4-2/h38,40,46,48,52-58,60,62-67H,3-37,39,41-45,47,49-51H2,1-2H3,(H,61,68)/b40-38+,48-46+. The minimum absolute atomic E-state index is 0.308. The average Bonchev–Trinajstić information content (AvgIpc) is 3.36. The molecule has 0 aromatic rings. The van der Waals surface area contributed by atoms with Gasteiger partial charge < -0.3 is 45.4 Å². The molecular formula is C60H115NO9. The first-order chi connectivity index (χ1) is 34.3. The molecule has 70 heavy (non-hydrogen) atoms. The van der Waals surface area contributed by atoms with Gasteiger partial charge in [-0.3, -0.25) is 4.79 Å². The first-order valence-electron chi connectivity index (χ1n) is 30.2. The average molecular weight is 995 g/mol. The number of rotatable bonds is 52. The van der Waals surface area contributed by atoms with Crippen molar-refractivity contribution in [2.45, 2.75) is 339 Å². The van der Waals surface area contributed by atoms with E-state index in [2.05, 4.69) is 31.3 Å². The summed E-state index contributed by atoms with van der Waals surface area (Å²) in [5, 5.41) is 64.8. The van der Waals surface area contributed by atoms with E-state index in [9.17, 15) is 35.4 Å². The van der Waals surface area contributed by atoms with Gasteiger partial charge >= 0.3 is 0 Å². The molecular weight excluding hydrogens is 879 g/mol. The fourth-order valence-electron chi connectivity index (χ4n) is 9.77. The minimum Gasteiger partial charge on any atom is -0.394 e. The monoisotopic (exact) mass is 994 g/mol. The first kappa shape index (κ1) is 66.6. The summed E-state index contributed by atoms with van der Waals surface area (Å²) >= 11 is 0. The Morgan fingerprint density at radius 2 is 0.843 bits per heavy atom. The van der Waals surface area contributed by atoms with Crippen molar-refractivity contribution in [3.05, 3.63) is 24.3 Å². The predicted octanol–water partition coefficient (Wildman–Crippen LogP) is 13.9. The molecule has 0 spiro atoms. The fourth-order valence-corrected chi connectivity index (χ4v) is 9.77. The van der Waals surface area contributed by atoms with Crippen LogP contribution in [-0.4, -0.2) is 98.7 Å². The second kappa shape index (κ2) is 49.8.